The molecule has 0 radical (unpaired) electrons. The van der Waals surface area contributed by atoms with E-state index in [9.17, 15) is 19.8 Å². The Hall–Kier alpha value is -2.24. The highest BCUT2D eigenvalue weighted by atomic mass is 16.6. The van der Waals surface area contributed by atoms with Gasteiger partial charge in [0.1, 0.15) is 11.7 Å². The monoisotopic (exact) mass is 636 g/mol. The van der Waals surface area contributed by atoms with Crippen LogP contribution in [-0.4, -0.2) is 103 Å². The summed E-state index contributed by atoms with van der Waals surface area (Å²) in [5.74, 6) is -0.468. The van der Waals surface area contributed by atoms with Crippen LogP contribution in [0.15, 0.2) is 36.0 Å². The minimum atomic E-state index is -1.11. The first-order chi connectivity index (χ1) is 21.1. The fraction of sp³-hybridized carbons (Fsp3) is 0.771. The molecule has 0 saturated carbocycles. The number of aliphatic hydroxyl groups is 2. The highest BCUT2D eigenvalue weighted by Gasteiger charge is 2.47. The van der Waals surface area contributed by atoms with Crippen molar-refractivity contribution in [3.05, 3.63) is 36.0 Å². The van der Waals surface area contributed by atoms with E-state index in [1.165, 1.54) is 4.90 Å². The van der Waals surface area contributed by atoms with Crippen LogP contribution in [0.1, 0.15) is 80.6 Å². The molecule has 0 aromatic rings. The number of methoxy groups -OCH3 is 1. The van der Waals surface area contributed by atoms with Gasteiger partial charge in [-0.2, -0.15) is 0 Å². The summed E-state index contributed by atoms with van der Waals surface area (Å²) >= 11 is 0. The van der Waals surface area contributed by atoms with Crippen LogP contribution in [-0.2, 0) is 23.7 Å². The second-order valence-electron chi connectivity index (χ2n) is 13.7. The van der Waals surface area contributed by atoms with Crippen molar-refractivity contribution in [3.8, 4) is 0 Å². The molecule has 1 amide bonds. The van der Waals surface area contributed by atoms with Crippen LogP contribution in [0, 0.1) is 17.8 Å². The predicted octanol–water partition coefficient (Wildman–Crippen LogP) is 4.79. The molecular weight excluding hydrogens is 576 g/mol. The minimum Gasteiger partial charge on any atom is -0.457 e. The van der Waals surface area contributed by atoms with Gasteiger partial charge >= 0.3 is 12.1 Å². The van der Waals surface area contributed by atoms with Gasteiger partial charge in [-0.1, -0.05) is 52.0 Å². The molecule has 2 aliphatic heterocycles. The maximum atomic E-state index is 13.0. The van der Waals surface area contributed by atoms with Crippen molar-refractivity contribution in [1.29, 1.82) is 0 Å². The molecule has 0 aliphatic carbocycles. The molecule has 0 bridgehead atoms. The van der Waals surface area contributed by atoms with E-state index in [0.717, 1.165) is 5.57 Å². The van der Waals surface area contributed by atoms with Gasteiger partial charge in [0.15, 0.2) is 6.10 Å². The van der Waals surface area contributed by atoms with E-state index >= 15 is 0 Å². The number of amides is 1. The number of esters is 1. The van der Waals surface area contributed by atoms with Gasteiger partial charge < -0.3 is 39.4 Å². The largest absolute Gasteiger partial charge is 0.457 e. The molecule has 0 unspecified atom stereocenters. The number of likely N-dealkylation sites (N-methyl/N-ethyl adjacent to an activating group) is 2. The van der Waals surface area contributed by atoms with Crippen molar-refractivity contribution in [2.24, 2.45) is 17.8 Å². The summed E-state index contributed by atoms with van der Waals surface area (Å²) in [6.07, 6.45) is 9.50. The van der Waals surface area contributed by atoms with Crippen molar-refractivity contribution >= 4 is 12.1 Å². The first kappa shape index (κ1) is 38.9. The molecule has 10 heteroatoms. The van der Waals surface area contributed by atoms with E-state index in [1.54, 1.807) is 33.2 Å². The van der Waals surface area contributed by atoms with Crippen LogP contribution in [0.3, 0.4) is 0 Å². The molecule has 258 valence electrons. The normalized spacial score (nSPS) is 33.2. The zero-order chi connectivity index (χ0) is 33.9. The lowest BCUT2D eigenvalue weighted by Gasteiger charge is -2.36. The maximum absolute atomic E-state index is 13.0. The van der Waals surface area contributed by atoms with Crippen LogP contribution in [0.2, 0.25) is 0 Å². The Morgan fingerprint density at radius 3 is 2.64 bits per heavy atom. The van der Waals surface area contributed by atoms with Crippen molar-refractivity contribution in [1.82, 2.24) is 10.2 Å². The number of hydrogen-bond acceptors (Lipinski definition) is 9. The molecule has 0 aromatic heterocycles. The molecule has 0 aromatic carbocycles. The van der Waals surface area contributed by atoms with Gasteiger partial charge in [-0.05, 0) is 64.6 Å². The van der Waals surface area contributed by atoms with E-state index in [-0.39, 0.29) is 42.4 Å². The summed E-state index contributed by atoms with van der Waals surface area (Å²) in [5, 5.41) is 24.2. The van der Waals surface area contributed by atoms with Gasteiger partial charge in [0.05, 0.1) is 23.9 Å². The zero-order valence-corrected chi connectivity index (χ0v) is 29.2. The number of aliphatic hydroxyl groups excluding tert-OH is 1. The minimum absolute atomic E-state index is 0.0131. The second-order valence-corrected chi connectivity index (χ2v) is 13.7. The Balaban J connectivity index is 2.26. The van der Waals surface area contributed by atoms with Crippen LogP contribution in [0.4, 0.5) is 4.79 Å². The van der Waals surface area contributed by atoms with Crippen LogP contribution in [0.25, 0.3) is 0 Å². The summed E-state index contributed by atoms with van der Waals surface area (Å²) in [5.41, 5.74) is -1.09. The van der Waals surface area contributed by atoms with Gasteiger partial charge in [0.25, 0.3) is 0 Å². The Labute approximate surface area is 271 Å². The number of cyclic esters (lactones) is 1. The number of carbonyl (C=O) groups is 2. The molecule has 2 heterocycles. The topological polar surface area (TPSA) is 130 Å². The number of ether oxygens (including phenoxy) is 4. The number of hydrogen-bond donors (Lipinski definition) is 3. The number of nitrogens with one attached hydrogen (secondary N) is 1. The molecular formula is C35H60N2O8. The lowest BCUT2D eigenvalue weighted by Crippen LogP contribution is -2.46. The SMILES string of the molecule is CC[C@H](O)[C@@H](C)[C@H]1O[C@@H]1C[C@@](C)(O)/C=C/C=C(\C)[C@H]1OC(=O)C[C@H](C)CC[C@@](C)(OC)[C@@H](OC(=O)N(C)CCNC)/C=C/[C@@H]1C. The average Bonchev–Trinajstić information content (AvgIpc) is 3.75. The molecule has 2 aliphatic rings. The van der Waals surface area contributed by atoms with E-state index in [2.05, 4.69) is 5.32 Å². The molecule has 0 spiro atoms. The third kappa shape index (κ3) is 12.1. The number of carbonyl (C=O) groups excluding carboxylic acids is 2. The highest BCUT2D eigenvalue weighted by molar-refractivity contribution is 5.70. The summed E-state index contributed by atoms with van der Waals surface area (Å²) in [6, 6.07) is 0. The molecule has 45 heavy (non-hydrogen) atoms. The Kier molecular flexibility index (Phi) is 15.2. The van der Waals surface area contributed by atoms with Crippen molar-refractivity contribution in [3.63, 3.8) is 0 Å². The summed E-state index contributed by atoms with van der Waals surface area (Å²) in [7, 11) is 5.15. The van der Waals surface area contributed by atoms with E-state index in [1.807, 2.05) is 66.8 Å². The Morgan fingerprint density at radius 2 is 2.02 bits per heavy atom. The molecule has 3 N–H and O–H groups in total. The van der Waals surface area contributed by atoms with Gasteiger partial charge in [-0.3, -0.25) is 4.79 Å². The van der Waals surface area contributed by atoms with Crippen LogP contribution in [0.5, 0.6) is 0 Å². The maximum Gasteiger partial charge on any atom is 0.410 e. The fourth-order valence-corrected chi connectivity index (χ4v) is 5.75. The lowest BCUT2D eigenvalue weighted by molar-refractivity contribution is -0.150. The molecule has 1 saturated heterocycles. The summed E-state index contributed by atoms with van der Waals surface area (Å²) in [4.78, 5) is 27.5. The number of epoxide rings is 1. The standard InChI is InChI=1S/C35H60N2O8/c1-11-27(38)26(5)32-28(43-32)22-34(6,41)17-12-13-24(3)31-25(4)14-15-29(44-33(40)37(9)20-19-36-8)35(7,42-10)18-16-23(2)21-30(39)45-31/h12-15,17,23,25-29,31-32,36,38,41H,11,16,18-22H2,1-10H3/b15-14+,17-12+,24-13+/t23-,25+,26-,27+,28-,29+,31-,32-,34+,35-/m1/s1. The van der Waals surface area contributed by atoms with Crippen LogP contribution >= 0.6 is 0 Å². The first-order valence-electron chi connectivity index (χ1n) is 16.5. The summed E-state index contributed by atoms with van der Waals surface area (Å²) in [6.45, 7) is 14.6. The zero-order valence-electron chi connectivity index (χ0n) is 29.2. The van der Waals surface area contributed by atoms with Crippen molar-refractivity contribution < 1.29 is 38.7 Å². The van der Waals surface area contributed by atoms with Gasteiger partial charge in [-0.25, -0.2) is 4.79 Å². The lowest BCUT2D eigenvalue weighted by atomic mass is 9.86. The molecule has 1 fully saturated rings. The first-order valence-corrected chi connectivity index (χ1v) is 16.5. The van der Waals surface area contributed by atoms with Gasteiger partial charge in [0.2, 0.25) is 0 Å². The molecule has 10 atom stereocenters. The smallest absolute Gasteiger partial charge is 0.410 e. The van der Waals surface area contributed by atoms with E-state index in [0.29, 0.717) is 38.8 Å². The predicted molar refractivity (Wildman–Crippen MR) is 176 cm³/mol. The Morgan fingerprint density at radius 1 is 1.33 bits per heavy atom. The number of allylic oxidation sites excluding steroid dienone is 2. The third-order valence-corrected chi connectivity index (χ3v) is 9.32. The van der Waals surface area contributed by atoms with Gasteiger partial charge in [-0.15, -0.1) is 0 Å². The number of rotatable bonds is 13. The molecule has 10 nitrogen and oxygen atoms in total. The Bertz CT molecular complexity index is 1040. The quantitative estimate of drug-likeness (QED) is 0.113. The van der Waals surface area contributed by atoms with E-state index in [4.69, 9.17) is 18.9 Å². The highest BCUT2D eigenvalue weighted by Crippen LogP contribution is 2.37. The third-order valence-electron chi connectivity index (χ3n) is 9.32. The van der Waals surface area contributed by atoms with Crippen molar-refractivity contribution in [2.45, 2.75) is 122 Å². The second kappa shape index (κ2) is 17.6. The van der Waals surface area contributed by atoms with Gasteiger partial charge in [0, 0.05) is 51.9 Å². The van der Waals surface area contributed by atoms with E-state index < -0.39 is 35.6 Å². The summed E-state index contributed by atoms with van der Waals surface area (Å²) < 4.78 is 23.7. The van der Waals surface area contributed by atoms with Crippen molar-refractivity contribution in [2.75, 3.05) is 34.3 Å². The fourth-order valence-electron chi connectivity index (χ4n) is 5.75. The average molecular weight is 637 g/mol. The molecule has 2 rings (SSSR count). The van der Waals surface area contributed by atoms with Crippen LogP contribution < -0.4 is 5.32 Å². The number of nitrogens with zero attached hydrogens (tertiary/aromatic N) is 1.